The van der Waals surface area contributed by atoms with Crippen LogP contribution in [0.25, 0.3) is 10.9 Å². The first-order valence-electron chi connectivity index (χ1n) is 7.23. The molecule has 3 aromatic rings. The highest BCUT2D eigenvalue weighted by Crippen LogP contribution is 2.28. The minimum atomic E-state index is -0.421. The number of nitrogens with zero attached hydrogens (tertiary/aromatic N) is 1. The van der Waals surface area contributed by atoms with E-state index in [1.54, 1.807) is 24.3 Å². The van der Waals surface area contributed by atoms with Crippen LogP contribution in [0.1, 0.15) is 25.5 Å². The van der Waals surface area contributed by atoms with Crippen molar-refractivity contribution in [1.29, 1.82) is 0 Å². The minimum Gasteiger partial charge on any atom is -0.486 e. The predicted octanol–water partition coefficient (Wildman–Crippen LogP) is 5.08. The Morgan fingerprint density at radius 2 is 1.73 bits per heavy atom. The van der Waals surface area contributed by atoms with E-state index in [2.05, 4.69) is 0 Å². The summed E-state index contributed by atoms with van der Waals surface area (Å²) in [6.45, 7) is 4.19. The Kier molecular flexibility index (Phi) is 3.84. The molecule has 0 fully saturated rings. The van der Waals surface area contributed by atoms with Crippen LogP contribution >= 0.6 is 0 Å². The van der Waals surface area contributed by atoms with E-state index in [-0.39, 0.29) is 24.2 Å². The summed E-state index contributed by atoms with van der Waals surface area (Å²) in [6.07, 6.45) is 1.87. The summed E-state index contributed by atoms with van der Waals surface area (Å²) in [5, 5.41) is 0.535. The molecular weight excluding hydrogens is 284 g/mol. The monoisotopic (exact) mass is 301 g/mol. The van der Waals surface area contributed by atoms with Crippen molar-refractivity contribution < 1.29 is 13.5 Å². The average Bonchev–Trinajstić information content (AvgIpc) is 2.87. The fourth-order valence-corrected chi connectivity index (χ4v) is 2.60. The van der Waals surface area contributed by atoms with Crippen LogP contribution in [0.4, 0.5) is 8.78 Å². The molecular formula is C18H17F2NO. The van der Waals surface area contributed by atoms with Gasteiger partial charge in [0.05, 0.1) is 5.52 Å². The molecule has 0 aliphatic carbocycles. The number of benzene rings is 2. The lowest BCUT2D eigenvalue weighted by Gasteiger charge is -2.08. The molecule has 0 saturated carbocycles. The van der Waals surface area contributed by atoms with Crippen molar-refractivity contribution in [2.45, 2.75) is 26.5 Å². The molecule has 0 aliphatic heterocycles. The van der Waals surface area contributed by atoms with E-state index in [9.17, 15) is 8.78 Å². The number of rotatable bonds is 4. The fourth-order valence-electron chi connectivity index (χ4n) is 2.60. The van der Waals surface area contributed by atoms with Crippen LogP contribution in [0.2, 0.25) is 0 Å². The van der Waals surface area contributed by atoms with Gasteiger partial charge in [-0.3, -0.25) is 0 Å². The quantitative estimate of drug-likeness (QED) is 0.655. The number of para-hydroxylation sites is 1. The van der Waals surface area contributed by atoms with Gasteiger partial charge in [0.15, 0.2) is 11.6 Å². The van der Waals surface area contributed by atoms with Crippen molar-refractivity contribution >= 4 is 10.9 Å². The third-order valence-corrected chi connectivity index (χ3v) is 3.66. The molecule has 0 spiro atoms. The van der Waals surface area contributed by atoms with Gasteiger partial charge in [-0.05, 0) is 38.1 Å². The topological polar surface area (TPSA) is 14.2 Å². The molecule has 0 radical (unpaired) electrons. The maximum atomic E-state index is 14.2. The first-order chi connectivity index (χ1) is 10.6. The molecule has 22 heavy (non-hydrogen) atoms. The van der Waals surface area contributed by atoms with E-state index in [1.165, 1.54) is 12.1 Å². The molecule has 2 aromatic carbocycles. The van der Waals surface area contributed by atoms with Crippen LogP contribution < -0.4 is 4.74 Å². The van der Waals surface area contributed by atoms with E-state index in [1.807, 2.05) is 30.7 Å². The Morgan fingerprint density at radius 1 is 1.00 bits per heavy atom. The lowest BCUT2D eigenvalue weighted by Crippen LogP contribution is -1.99. The van der Waals surface area contributed by atoms with Gasteiger partial charge in [-0.25, -0.2) is 8.78 Å². The zero-order valence-corrected chi connectivity index (χ0v) is 12.5. The van der Waals surface area contributed by atoms with Crippen molar-refractivity contribution in [2.24, 2.45) is 0 Å². The first-order valence-corrected chi connectivity index (χ1v) is 7.23. The largest absolute Gasteiger partial charge is 0.486 e. The first kappa shape index (κ1) is 14.6. The van der Waals surface area contributed by atoms with Gasteiger partial charge in [-0.2, -0.15) is 0 Å². The Hall–Kier alpha value is -2.36. The van der Waals surface area contributed by atoms with Crippen molar-refractivity contribution in [3.05, 3.63) is 65.9 Å². The van der Waals surface area contributed by atoms with Gasteiger partial charge in [0.1, 0.15) is 12.4 Å². The molecule has 114 valence electrons. The summed E-state index contributed by atoms with van der Waals surface area (Å²) < 4.78 is 35.3. The molecule has 0 aliphatic rings. The van der Waals surface area contributed by atoms with Gasteiger partial charge in [0, 0.05) is 23.2 Å². The van der Waals surface area contributed by atoms with Gasteiger partial charge < -0.3 is 9.30 Å². The number of hydrogen-bond acceptors (Lipinski definition) is 1. The normalized spacial score (nSPS) is 11.3. The highest BCUT2D eigenvalue weighted by atomic mass is 19.1. The van der Waals surface area contributed by atoms with Crippen molar-refractivity contribution in [3.8, 4) is 5.75 Å². The maximum Gasteiger partial charge on any atom is 0.165 e. The van der Waals surface area contributed by atoms with E-state index >= 15 is 0 Å². The SMILES string of the molecule is CC(C)n1cc(COc2ccccc2F)c2c(F)cccc21. The second-order valence-corrected chi connectivity index (χ2v) is 5.51. The molecule has 0 amide bonds. The lowest BCUT2D eigenvalue weighted by molar-refractivity contribution is 0.291. The van der Waals surface area contributed by atoms with Gasteiger partial charge in [-0.1, -0.05) is 18.2 Å². The number of fused-ring (bicyclic) bond motifs is 1. The Morgan fingerprint density at radius 3 is 2.45 bits per heavy atom. The molecule has 0 atom stereocenters. The number of hydrogen-bond donors (Lipinski definition) is 0. The zero-order valence-electron chi connectivity index (χ0n) is 12.5. The van der Waals surface area contributed by atoms with Crippen LogP contribution in [0, 0.1) is 11.6 Å². The Bertz CT molecular complexity index is 808. The summed E-state index contributed by atoms with van der Waals surface area (Å²) in [5.41, 5.74) is 1.53. The maximum absolute atomic E-state index is 14.2. The van der Waals surface area contributed by atoms with Crippen LogP contribution in [-0.2, 0) is 6.61 Å². The zero-order chi connectivity index (χ0) is 15.7. The minimum absolute atomic E-state index is 0.123. The number of halogens is 2. The Labute approximate surface area is 127 Å². The molecule has 1 heterocycles. The smallest absolute Gasteiger partial charge is 0.165 e. The molecule has 3 rings (SSSR count). The highest BCUT2D eigenvalue weighted by molar-refractivity contribution is 5.84. The molecule has 1 aromatic heterocycles. The standard InChI is InChI=1S/C18H17F2NO/c1-12(2)21-10-13(18-15(20)7-5-8-16(18)21)11-22-17-9-4-3-6-14(17)19/h3-10,12H,11H2,1-2H3. The van der Waals surface area contributed by atoms with Crippen LogP contribution in [0.5, 0.6) is 5.75 Å². The molecule has 0 N–H and O–H groups in total. The Balaban J connectivity index is 1.99. The molecule has 0 saturated heterocycles. The second kappa shape index (κ2) is 5.79. The molecule has 4 heteroatoms. The summed E-state index contributed by atoms with van der Waals surface area (Å²) >= 11 is 0. The van der Waals surface area contributed by atoms with Crippen LogP contribution in [0.3, 0.4) is 0 Å². The summed E-state index contributed by atoms with van der Waals surface area (Å²) in [4.78, 5) is 0. The summed E-state index contributed by atoms with van der Waals surface area (Å²) in [5.74, 6) is -0.538. The highest BCUT2D eigenvalue weighted by Gasteiger charge is 2.15. The lowest BCUT2D eigenvalue weighted by atomic mass is 10.2. The third-order valence-electron chi connectivity index (χ3n) is 3.66. The van der Waals surface area contributed by atoms with Gasteiger partial charge in [0.25, 0.3) is 0 Å². The van der Waals surface area contributed by atoms with E-state index in [4.69, 9.17) is 4.74 Å². The molecule has 0 unspecified atom stereocenters. The second-order valence-electron chi connectivity index (χ2n) is 5.51. The van der Waals surface area contributed by atoms with Crippen molar-refractivity contribution in [1.82, 2.24) is 4.57 Å². The summed E-state index contributed by atoms with van der Waals surface area (Å²) in [6, 6.07) is 11.4. The third kappa shape index (κ3) is 2.56. The number of aromatic nitrogens is 1. The summed E-state index contributed by atoms with van der Waals surface area (Å²) in [7, 11) is 0. The molecule has 2 nitrogen and oxygen atoms in total. The van der Waals surface area contributed by atoms with Crippen molar-refractivity contribution in [2.75, 3.05) is 0 Å². The van der Waals surface area contributed by atoms with Gasteiger partial charge >= 0.3 is 0 Å². The molecule has 0 bridgehead atoms. The van der Waals surface area contributed by atoms with Gasteiger partial charge in [0.2, 0.25) is 0 Å². The van der Waals surface area contributed by atoms with E-state index < -0.39 is 5.82 Å². The van der Waals surface area contributed by atoms with Crippen LogP contribution in [0.15, 0.2) is 48.7 Å². The van der Waals surface area contributed by atoms with Crippen LogP contribution in [-0.4, -0.2) is 4.57 Å². The van der Waals surface area contributed by atoms with E-state index in [0.29, 0.717) is 10.9 Å². The van der Waals surface area contributed by atoms with Crippen molar-refractivity contribution in [3.63, 3.8) is 0 Å². The average molecular weight is 301 g/mol. The van der Waals surface area contributed by atoms with Gasteiger partial charge in [-0.15, -0.1) is 0 Å². The number of ether oxygens (including phenoxy) is 1. The predicted molar refractivity (Wildman–Crippen MR) is 83.0 cm³/mol. The fraction of sp³-hybridized carbons (Fsp3) is 0.222. The van der Waals surface area contributed by atoms with E-state index in [0.717, 1.165) is 5.52 Å².